The van der Waals surface area contributed by atoms with Crippen molar-refractivity contribution in [3.05, 3.63) is 42.5 Å². The molecule has 1 nitrogen and oxygen atoms in total. The smallest absolute Gasteiger partial charge is 0.0366 e. The third-order valence-corrected chi connectivity index (χ3v) is 4.06. The summed E-state index contributed by atoms with van der Waals surface area (Å²) in [6, 6.07) is 9.07. The van der Waals surface area contributed by atoms with Gasteiger partial charge < -0.3 is 4.90 Å². The van der Waals surface area contributed by atoms with Crippen LogP contribution in [0.25, 0.3) is 0 Å². The molecule has 98 valence electrons. The molecule has 0 radical (unpaired) electrons. The van der Waals surface area contributed by atoms with Gasteiger partial charge in [0.25, 0.3) is 0 Å². The van der Waals surface area contributed by atoms with Crippen molar-refractivity contribution in [3.63, 3.8) is 0 Å². The standard InChI is InChI=1S/C17H25N/c1-4-5-6-15-7-9-16(10-8-15)18-13-11-17(2,3)12-14-18/h4,7-10H,1,5-6,11-14H2,2-3H3. The van der Waals surface area contributed by atoms with E-state index in [0.29, 0.717) is 5.41 Å². The number of anilines is 1. The van der Waals surface area contributed by atoms with E-state index >= 15 is 0 Å². The van der Waals surface area contributed by atoms with Crippen molar-refractivity contribution in [1.29, 1.82) is 0 Å². The first-order valence-corrected chi connectivity index (χ1v) is 7.05. The Labute approximate surface area is 112 Å². The van der Waals surface area contributed by atoms with Crippen LogP contribution in [0.2, 0.25) is 0 Å². The molecule has 1 heteroatoms. The summed E-state index contributed by atoms with van der Waals surface area (Å²) in [5.41, 5.74) is 3.32. The Balaban J connectivity index is 1.95. The number of piperidine rings is 1. The number of benzene rings is 1. The molecule has 0 saturated carbocycles. The van der Waals surface area contributed by atoms with Gasteiger partial charge in [0.05, 0.1) is 0 Å². The van der Waals surface area contributed by atoms with Gasteiger partial charge in [0.2, 0.25) is 0 Å². The van der Waals surface area contributed by atoms with Crippen LogP contribution < -0.4 is 4.90 Å². The van der Waals surface area contributed by atoms with Gasteiger partial charge in [0, 0.05) is 18.8 Å². The molecule has 1 fully saturated rings. The lowest BCUT2D eigenvalue weighted by Crippen LogP contribution is -2.37. The van der Waals surface area contributed by atoms with Gasteiger partial charge in [-0.15, -0.1) is 6.58 Å². The van der Waals surface area contributed by atoms with E-state index in [-0.39, 0.29) is 0 Å². The van der Waals surface area contributed by atoms with Gasteiger partial charge in [-0.05, 0) is 48.8 Å². The third kappa shape index (κ3) is 3.38. The lowest BCUT2D eigenvalue weighted by atomic mass is 9.82. The average molecular weight is 243 g/mol. The minimum atomic E-state index is 0.528. The summed E-state index contributed by atoms with van der Waals surface area (Å²) in [7, 11) is 0. The Morgan fingerprint density at radius 1 is 1.17 bits per heavy atom. The summed E-state index contributed by atoms with van der Waals surface area (Å²) < 4.78 is 0. The molecule has 0 spiro atoms. The van der Waals surface area contributed by atoms with Crippen LogP contribution in [0.15, 0.2) is 36.9 Å². The Morgan fingerprint density at radius 2 is 1.78 bits per heavy atom. The Hall–Kier alpha value is -1.24. The van der Waals surface area contributed by atoms with Gasteiger partial charge in [0.1, 0.15) is 0 Å². The number of hydrogen-bond donors (Lipinski definition) is 0. The predicted octanol–water partition coefficient (Wildman–Crippen LogP) is 4.43. The second kappa shape index (κ2) is 5.60. The summed E-state index contributed by atoms with van der Waals surface area (Å²) in [5.74, 6) is 0. The van der Waals surface area contributed by atoms with E-state index in [1.165, 1.54) is 37.2 Å². The minimum Gasteiger partial charge on any atom is -0.371 e. The molecule has 0 bridgehead atoms. The maximum absolute atomic E-state index is 3.77. The molecule has 0 N–H and O–H groups in total. The van der Waals surface area contributed by atoms with Crippen molar-refractivity contribution in [2.75, 3.05) is 18.0 Å². The summed E-state index contributed by atoms with van der Waals surface area (Å²) in [5, 5.41) is 0. The first-order valence-electron chi connectivity index (χ1n) is 7.05. The van der Waals surface area contributed by atoms with Crippen LogP contribution in [-0.4, -0.2) is 13.1 Å². The van der Waals surface area contributed by atoms with Crippen LogP contribution >= 0.6 is 0 Å². The van der Waals surface area contributed by atoms with Crippen LogP contribution in [0.3, 0.4) is 0 Å². The Bertz CT molecular complexity index is 379. The molecule has 1 aromatic rings. The number of nitrogens with zero attached hydrogens (tertiary/aromatic N) is 1. The molecule has 18 heavy (non-hydrogen) atoms. The summed E-state index contributed by atoms with van der Waals surface area (Å²) in [6.07, 6.45) is 6.76. The highest BCUT2D eigenvalue weighted by Gasteiger charge is 2.25. The molecule has 2 rings (SSSR count). The molecule has 1 saturated heterocycles. The van der Waals surface area contributed by atoms with Gasteiger partial charge >= 0.3 is 0 Å². The molecule has 1 aliphatic rings. The van der Waals surface area contributed by atoms with Gasteiger partial charge in [-0.1, -0.05) is 32.1 Å². The van der Waals surface area contributed by atoms with Crippen molar-refractivity contribution in [2.45, 2.75) is 39.5 Å². The number of rotatable bonds is 4. The molecule has 0 aromatic heterocycles. The van der Waals surface area contributed by atoms with E-state index in [4.69, 9.17) is 0 Å². The van der Waals surface area contributed by atoms with Gasteiger partial charge in [-0.2, -0.15) is 0 Å². The summed E-state index contributed by atoms with van der Waals surface area (Å²) >= 11 is 0. The van der Waals surface area contributed by atoms with E-state index < -0.39 is 0 Å². The second-order valence-corrected chi connectivity index (χ2v) is 6.15. The highest BCUT2D eigenvalue weighted by molar-refractivity contribution is 5.48. The number of allylic oxidation sites excluding steroid dienone is 1. The van der Waals surface area contributed by atoms with Crippen molar-refractivity contribution < 1.29 is 0 Å². The van der Waals surface area contributed by atoms with Crippen LogP contribution in [-0.2, 0) is 6.42 Å². The molecular formula is C17H25N. The quantitative estimate of drug-likeness (QED) is 0.707. The fraction of sp³-hybridized carbons (Fsp3) is 0.529. The normalized spacial score (nSPS) is 18.7. The zero-order chi connectivity index (χ0) is 13.0. The fourth-order valence-corrected chi connectivity index (χ4v) is 2.51. The van der Waals surface area contributed by atoms with Gasteiger partial charge in [0.15, 0.2) is 0 Å². The number of hydrogen-bond acceptors (Lipinski definition) is 1. The molecular weight excluding hydrogens is 218 g/mol. The Kier molecular flexibility index (Phi) is 4.11. The largest absolute Gasteiger partial charge is 0.371 e. The topological polar surface area (TPSA) is 3.24 Å². The molecule has 0 unspecified atom stereocenters. The van der Waals surface area contributed by atoms with E-state index in [9.17, 15) is 0 Å². The van der Waals surface area contributed by atoms with E-state index in [0.717, 1.165) is 12.8 Å². The van der Waals surface area contributed by atoms with Crippen molar-refractivity contribution >= 4 is 5.69 Å². The van der Waals surface area contributed by atoms with Crippen LogP contribution in [0.1, 0.15) is 38.7 Å². The zero-order valence-corrected chi connectivity index (χ0v) is 11.8. The summed E-state index contributed by atoms with van der Waals surface area (Å²) in [4.78, 5) is 2.52. The average Bonchev–Trinajstić information content (AvgIpc) is 2.37. The lowest BCUT2D eigenvalue weighted by Gasteiger charge is -2.38. The second-order valence-electron chi connectivity index (χ2n) is 6.15. The highest BCUT2D eigenvalue weighted by Crippen LogP contribution is 2.32. The number of aryl methyl sites for hydroxylation is 1. The van der Waals surface area contributed by atoms with E-state index in [1.807, 2.05) is 6.08 Å². The minimum absolute atomic E-state index is 0.528. The molecule has 0 aliphatic carbocycles. The Morgan fingerprint density at radius 3 is 2.33 bits per heavy atom. The van der Waals surface area contributed by atoms with Crippen LogP contribution in [0.5, 0.6) is 0 Å². The fourth-order valence-electron chi connectivity index (χ4n) is 2.51. The van der Waals surface area contributed by atoms with E-state index in [1.54, 1.807) is 0 Å². The molecule has 1 aliphatic heterocycles. The maximum atomic E-state index is 3.77. The lowest BCUT2D eigenvalue weighted by molar-refractivity contribution is 0.280. The zero-order valence-electron chi connectivity index (χ0n) is 11.8. The molecule has 1 heterocycles. The van der Waals surface area contributed by atoms with Gasteiger partial charge in [-0.25, -0.2) is 0 Å². The summed E-state index contributed by atoms with van der Waals surface area (Å²) in [6.45, 7) is 10.9. The molecule has 0 amide bonds. The van der Waals surface area contributed by atoms with Crippen LogP contribution in [0.4, 0.5) is 5.69 Å². The van der Waals surface area contributed by atoms with Crippen LogP contribution in [0, 0.1) is 5.41 Å². The third-order valence-electron chi connectivity index (χ3n) is 4.06. The highest BCUT2D eigenvalue weighted by atomic mass is 15.1. The molecule has 1 aromatic carbocycles. The SMILES string of the molecule is C=CCCc1ccc(N2CCC(C)(C)CC2)cc1. The maximum Gasteiger partial charge on any atom is 0.0366 e. The monoisotopic (exact) mass is 243 g/mol. The van der Waals surface area contributed by atoms with Crippen molar-refractivity contribution in [1.82, 2.24) is 0 Å². The first kappa shape index (κ1) is 13.2. The van der Waals surface area contributed by atoms with Gasteiger partial charge in [-0.3, -0.25) is 0 Å². The van der Waals surface area contributed by atoms with Crippen molar-refractivity contribution in [2.24, 2.45) is 5.41 Å². The predicted molar refractivity (Wildman–Crippen MR) is 80.2 cm³/mol. The molecule has 0 atom stereocenters. The van der Waals surface area contributed by atoms with E-state index in [2.05, 4.69) is 49.6 Å². The first-order chi connectivity index (χ1) is 8.61. The van der Waals surface area contributed by atoms with Crippen molar-refractivity contribution in [3.8, 4) is 0 Å².